The van der Waals surface area contributed by atoms with Crippen LogP contribution in [0.3, 0.4) is 0 Å². The first-order valence-corrected chi connectivity index (χ1v) is 7.57. The van der Waals surface area contributed by atoms with Crippen molar-refractivity contribution < 1.29 is 13.5 Å². The molecule has 96 valence electrons. The molecule has 0 aromatic heterocycles. The topological polar surface area (TPSA) is 57.6 Å². The van der Waals surface area contributed by atoms with Gasteiger partial charge in [-0.15, -0.1) is 0 Å². The molecule has 1 N–H and O–H groups in total. The Bertz CT molecular complexity index is 613. The highest BCUT2D eigenvalue weighted by molar-refractivity contribution is 7.95. The number of aromatic hydroxyl groups is 1. The first-order chi connectivity index (χ1) is 8.59. The van der Waals surface area contributed by atoms with Gasteiger partial charge in [-0.2, -0.15) is 0 Å². The Morgan fingerprint density at radius 1 is 1.22 bits per heavy atom. The zero-order chi connectivity index (χ0) is 12.8. The normalized spacial score (nSPS) is 21.9. The van der Waals surface area contributed by atoms with Crippen LogP contribution in [-0.4, -0.2) is 38.1 Å². The Kier molecular flexibility index (Phi) is 2.68. The molecule has 0 unspecified atom stereocenters. The molecule has 0 atom stereocenters. The average Bonchev–Trinajstić information content (AvgIpc) is 2.90. The maximum Gasteiger partial charge on any atom is 0.204 e. The third-order valence-electron chi connectivity index (χ3n) is 3.56. The van der Waals surface area contributed by atoms with E-state index >= 15 is 0 Å². The summed E-state index contributed by atoms with van der Waals surface area (Å²) in [5.41, 5.74) is 0.437. The van der Waals surface area contributed by atoms with Crippen molar-refractivity contribution in [1.82, 2.24) is 4.90 Å². The van der Waals surface area contributed by atoms with Crippen molar-refractivity contribution in [3.8, 4) is 5.75 Å². The predicted molar refractivity (Wildman–Crippen MR) is 68.9 cm³/mol. The van der Waals surface area contributed by atoms with E-state index in [-0.39, 0.29) is 10.6 Å². The van der Waals surface area contributed by atoms with Gasteiger partial charge in [0.2, 0.25) is 9.84 Å². The fourth-order valence-corrected chi connectivity index (χ4v) is 4.20. The van der Waals surface area contributed by atoms with Crippen LogP contribution >= 0.6 is 0 Å². The SMILES string of the molecule is O=S1(=O)C(CN2CCCC2)=Cc2c(O)cccc21. The zero-order valence-corrected chi connectivity index (χ0v) is 10.8. The second kappa shape index (κ2) is 4.10. The maximum atomic E-state index is 12.3. The quantitative estimate of drug-likeness (QED) is 0.882. The summed E-state index contributed by atoms with van der Waals surface area (Å²) >= 11 is 0. The molecule has 0 radical (unpaired) electrons. The minimum Gasteiger partial charge on any atom is -0.507 e. The molecular weight excluding hydrogens is 250 g/mol. The van der Waals surface area contributed by atoms with E-state index in [4.69, 9.17) is 0 Å². The minimum atomic E-state index is -3.40. The monoisotopic (exact) mass is 265 g/mol. The third kappa shape index (κ3) is 1.74. The van der Waals surface area contributed by atoms with Gasteiger partial charge < -0.3 is 5.11 Å². The molecule has 0 spiro atoms. The van der Waals surface area contributed by atoms with Gasteiger partial charge in [0, 0.05) is 12.1 Å². The van der Waals surface area contributed by atoms with Crippen molar-refractivity contribution in [3.63, 3.8) is 0 Å². The summed E-state index contributed by atoms with van der Waals surface area (Å²) in [6.07, 6.45) is 3.87. The van der Waals surface area contributed by atoms with Crippen LogP contribution < -0.4 is 0 Å². The number of benzene rings is 1. The highest BCUT2D eigenvalue weighted by Crippen LogP contribution is 2.38. The lowest BCUT2D eigenvalue weighted by molar-refractivity contribution is 0.374. The average molecular weight is 265 g/mol. The van der Waals surface area contributed by atoms with Crippen LogP contribution in [0.2, 0.25) is 0 Å². The van der Waals surface area contributed by atoms with Crippen molar-refractivity contribution in [1.29, 1.82) is 0 Å². The molecule has 1 fully saturated rings. The number of sulfone groups is 1. The van der Waals surface area contributed by atoms with Crippen LogP contribution in [-0.2, 0) is 9.84 Å². The first-order valence-electron chi connectivity index (χ1n) is 6.09. The summed E-state index contributed by atoms with van der Waals surface area (Å²) in [5, 5.41) is 9.72. The molecule has 3 rings (SSSR count). The van der Waals surface area contributed by atoms with Gasteiger partial charge >= 0.3 is 0 Å². The number of phenols is 1. The van der Waals surface area contributed by atoms with Gasteiger partial charge in [0.1, 0.15) is 5.75 Å². The summed E-state index contributed by atoms with van der Waals surface area (Å²) in [6.45, 7) is 2.36. The van der Waals surface area contributed by atoms with Gasteiger partial charge in [0.15, 0.2) is 0 Å². The van der Waals surface area contributed by atoms with Crippen LogP contribution in [0, 0.1) is 0 Å². The largest absolute Gasteiger partial charge is 0.507 e. The van der Waals surface area contributed by atoms with E-state index in [9.17, 15) is 13.5 Å². The van der Waals surface area contributed by atoms with E-state index in [0.29, 0.717) is 17.0 Å². The lowest BCUT2D eigenvalue weighted by Crippen LogP contribution is -2.23. The molecule has 1 aromatic rings. The Hall–Kier alpha value is -1.33. The van der Waals surface area contributed by atoms with E-state index in [1.807, 2.05) is 0 Å². The molecule has 0 amide bonds. The van der Waals surface area contributed by atoms with Crippen molar-refractivity contribution >= 4 is 15.9 Å². The molecule has 1 aromatic carbocycles. The first kappa shape index (κ1) is 11.7. The highest BCUT2D eigenvalue weighted by Gasteiger charge is 2.32. The van der Waals surface area contributed by atoms with Gasteiger partial charge in [-0.1, -0.05) is 6.07 Å². The smallest absolute Gasteiger partial charge is 0.204 e. The summed E-state index contributed by atoms with van der Waals surface area (Å²) in [5.74, 6) is 0.0347. The second-order valence-electron chi connectivity index (χ2n) is 4.79. The molecule has 2 aliphatic heterocycles. The van der Waals surface area contributed by atoms with Gasteiger partial charge in [0.25, 0.3) is 0 Å². The number of fused-ring (bicyclic) bond motifs is 1. The van der Waals surface area contributed by atoms with E-state index in [0.717, 1.165) is 25.9 Å². The van der Waals surface area contributed by atoms with E-state index in [1.54, 1.807) is 18.2 Å². The van der Waals surface area contributed by atoms with Crippen molar-refractivity contribution in [2.75, 3.05) is 19.6 Å². The number of nitrogens with zero attached hydrogens (tertiary/aromatic N) is 1. The molecule has 1 saturated heterocycles. The molecule has 0 bridgehead atoms. The fourth-order valence-electron chi connectivity index (χ4n) is 2.58. The number of hydrogen-bond donors (Lipinski definition) is 1. The van der Waals surface area contributed by atoms with Gasteiger partial charge in [-0.25, -0.2) is 8.42 Å². The van der Waals surface area contributed by atoms with Gasteiger partial charge in [-0.3, -0.25) is 4.90 Å². The molecule has 2 heterocycles. The Morgan fingerprint density at radius 3 is 2.61 bits per heavy atom. The third-order valence-corrected chi connectivity index (χ3v) is 5.43. The lowest BCUT2D eigenvalue weighted by Gasteiger charge is -2.14. The number of likely N-dealkylation sites (tertiary alicyclic amines) is 1. The number of hydrogen-bond acceptors (Lipinski definition) is 4. The molecule has 5 heteroatoms. The number of phenolic OH excluding ortho intramolecular Hbond substituents is 1. The van der Waals surface area contributed by atoms with Crippen LogP contribution in [0.4, 0.5) is 0 Å². The van der Waals surface area contributed by atoms with E-state index in [2.05, 4.69) is 4.90 Å². The van der Waals surface area contributed by atoms with Crippen molar-refractivity contribution in [2.45, 2.75) is 17.7 Å². The van der Waals surface area contributed by atoms with Crippen LogP contribution in [0.15, 0.2) is 28.0 Å². The minimum absolute atomic E-state index is 0.0347. The van der Waals surface area contributed by atoms with E-state index in [1.165, 1.54) is 6.07 Å². The fraction of sp³-hybridized carbons (Fsp3) is 0.385. The van der Waals surface area contributed by atoms with E-state index < -0.39 is 9.84 Å². The highest BCUT2D eigenvalue weighted by atomic mass is 32.2. The van der Waals surface area contributed by atoms with Gasteiger partial charge in [0.05, 0.1) is 9.80 Å². The Balaban J connectivity index is 1.98. The predicted octanol–water partition coefficient (Wildman–Crippen LogP) is 1.62. The standard InChI is InChI=1S/C13H15NO3S/c15-12-4-3-5-13-11(12)8-10(18(13,16)17)9-14-6-1-2-7-14/h3-5,8,15H,1-2,6-7,9H2. The summed E-state index contributed by atoms with van der Waals surface area (Å²) in [6, 6.07) is 4.64. The molecule has 2 aliphatic rings. The summed E-state index contributed by atoms with van der Waals surface area (Å²) in [7, 11) is -3.40. The number of rotatable bonds is 2. The van der Waals surface area contributed by atoms with Crippen molar-refractivity contribution in [3.05, 3.63) is 28.7 Å². The molecular formula is C13H15NO3S. The van der Waals surface area contributed by atoms with Crippen LogP contribution in [0.25, 0.3) is 6.08 Å². The lowest BCUT2D eigenvalue weighted by atomic mass is 10.2. The zero-order valence-electron chi connectivity index (χ0n) is 9.96. The molecule has 4 nitrogen and oxygen atoms in total. The molecule has 18 heavy (non-hydrogen) atoms. The second-order valence-corrected chi connectivity index (χ2v) is 6.76. The van der Waals surface area contributed by atoms with Crippen molar-refractivity contribution in [2.24, 2.45) is 0 Å². The summed E-state index contributed by atoms with van der Waals surface area (Å²) < 4.78 is 24.6. The molecule has 0 saturated carbocycles. The van der Waals surface area contributed by atoms with Crippen LogP contribution in [0.1, 0.15) is 18.4 Å². The summed E-state index contributed by atoms with van der Waals surface area (Å²) in [4.78, 5) is 2.78. The van der Waals surface area contributed by atoms with Crippen LogP contribution in [0.5, 0.6) is 5.75 Å². The Morgan fingerprint density at radius 2 is 1.94 bits per heavy atom. The Labute approximate surface area is 106 Å². The maximum absolute atomic E-state index is 12.3. The van der Waals surface area contributed by atoms with Gasteiger partial charge in [-0.05, 0) is 44.1 Å². The molecule has 0 aliphatic carbocycles.